The maximum atomic E-state index is 5.26. The predicted molar refractivity (Wildman–Crippen MR) is 70.3 cm³/mol. The van der Waals surface area contributed by atoms with Gasteiger partial charge in [0.1, 0.15) is 0 Å². The molecule has 0 aliphatic carbocycles. The summed E-state index contributed by atoms with van der Waals surface area (Å²) < 4.78 is 3.43. The standard InChI is InChI=1S/C11H8BrN3S/c1-6-4-10-8-5-7(12)2-3-9(8)13-11(16)15(10)14-6/h2-5H,1H3,(H,13,16). The Labute approximate surface area is 105 Å². The summed E-state index contributed by atoms with van der Waals surface area (Å²) in [6, 6.07) is 8.11. The topological polar surface area (TPSA) is 33.1 Å². The van der Waals surface area contributed by atoms with Gasteiger partial charge in [-0.2, -0.15) is 5.10 Å². The minimum absolute atomic E-state index is 0.623. The molecule has 0 atom stereocenters. The number of aryl methyl sites for hydroxylation is 1. The molecule has 3 aromatic rings. The third kappa shape index (κ3) is 1.39. The van der Waals surface area contributed by atoms with Gasteiger partial charge in [0.25, 0.3) is 0 Å². The average molecular weight is 294 g/mol. The first-order valence-electron chi connectivity index (χ1n) is 4.83. The van der Waals surface area contributed by atoms with Crippen LogP contribution < -0.4 is 0 Å². The highest BCUT2D eigenvalue weighted by Gasteiger charge is 2.05. The van der Waals surface area contributed by atoms with Gasteiger partial charge in [0.2, 0.25) is 0 Å². The van der Waals surface area contributed by atoms with Crippen molar-refractivity contribution in [2.24, 2.45) is 0 Å². The Morgan fingerprint density at radius 1 is 1.38 bits per heavy atom. The lowest BCUT2D eigenvalue weighted by atomic mass is 10.2. The number of rotatable bonds is 0. The predicted octanol–water partition coefficient (Wildman–Crippen LogP) is 3.62. The molecule has 16 heavy (non-hydrogen) atoms. The Balaban J connectivity index is 2.65. The molecule has 0 aliphatic heterocycles. The van der Waals surface area contributed by atoms with Crippen molar-refractivity contribution in [1.82, 2.24) is 14.6 Å². The highest BCUT2D eigenvalue weighted by molar-refractivity contribution is 9.10. The first kappa shape index (κ1) is 9.99. The molecule has 3 rings (SSSR count). The number of halogens is 1. The van der Waals surface area contributed by atoms with Gasteiger partial charge in [-0.05, 0) is 43.4 Å². The second-order valence-electron chi connectivity index (χ2n) is 3.70. The van der Waals surface area contributed by atoms with Gasteiger partial charge in [0.15, 0.2) is 4.77 Å². The van der Waals surface area contributed by atoms with E-state index in [2.05, 4.69) is 32.1 Å². The van der Waals surface area contributed by atoms with Crippen LogP contribution in [-0.2, 0) is 0 Å². The van der Waals surface area contributed by atoms with E-state index in [4.69, 9.17) is 12.2 Å². The van der Waals surface area contributed by atoms with E-state index in [1.54, 1.807) is 4.52 Å². The summed E-state index contributed by atoms with van der Waals surface area (Å²) in [6.45, 7) is 1.96. The molecule has 1 aromatic carbocycles. The van der Waals surface area contributed by atoms with Gasteiger partial charge in [0, 0.05) is 15.4 Å². The zero-order chi connectivity index (χ0) is 11.3. The molecule has 2 aromatic heterocycles. The molecule has 2 heterocycles. The molecule has 0 saturated carbocycles. The number of hydrogen-bond acceptors (Lipinski definition) is 2. The van der Waals surface area contributed by atoms with E-state index in [-0.39, 0.29) is 0 Å². The molecule has 0 saturated heterocycles. The fraction of sp³-hybridized carbons (Fsp3) is 0.0909. The van der Waals surface area contributed by atoms with Gasteiger partial charge in [-0.25, -0.2) is 4.52 Å². The Bertz CT molecular complexity index is 757. The normalized spacial score (nSPS) is 11.4. The second-order valence-corrected chi connectivity index (χ2v) is 5.01. The molecule has 0 fully saturated rings. The SMILES string of the molecule is Cc1cc2c3cc(Br)ccc3[nH]c(=S)n2n1. The van der Waals surface area contributed by atoms with Gasteiger partial charge in [-0.3, -0.25) is 0 Å². The molecule has 0 amide bonds. The van der Waals surface area contributed by atoms with Crippen LogP contribution in [0.4, 0.5) is 0 Å². The smallest absolute Gasteiger partial charge is 0.199 e. The van der Waals surface area contributed by atoms with Gasteiger partial charge in [-0.1, -0.05) is 15.9 Å². The monoisotopic (exact) mass is 293 g/mol. The summed E-state index contributed by atoms with van der Waals surface area (Å²) in [5.41, 5.74) is 3.03. The van der Waals surface area contributed by atoms with Crippen molar-refractivity contribution in [2.75, 3.05) is 0 Å². The molecular weight excluding hydrogens is 286 g/mol. The minimum atomic E-state index is 0.623. The van der Waals surface area contributed by atoms with E-state index in [1.807, 2.05) is 25.1 Å². The fourth-order valence-corrected chi connectivity index (χ4v) is 2.46. The van der Waals surface area contributed by atoms with E-state index in [1.165, 1.54) is 0 Å². The summed E-state index contributed by atoms with van der Waals surface area (Å²) in [5.74, 6) is 0. The second kappa shape index (κ2) is 3.40. The molecule has 0 bridgehead atoms. The Morgan fingerprint density at radius 2 is 2.19 bits per heavy atom. The molecule has 5 heteroatoms. The average Bonchev–Trinajstić information content (AvgIpc) is 2.62. The van der Waals surface area contributed by atoms with E-state index in [0.29, 0.717) is 4.77 Å². The molecule has 0 aliphatic rings. The van der Waals surface area contributed by atoms with E-state index in [0.717, 1.165) is 26.6 Å². The lowest BCUT2D eigenvalue weighted by molar-refractivity contribution is 0.894. The lowest BCUT2D eigenvalue weighted by Gasteiger charge is -2.02. The first-order chi connectivity index (χ1) is 7.65. The molecule has 1 N–H and O–H groups in total. The number of hydrogen-bond donors (Lipinski definition) is 1. The van der Waals surface area contributed by atoms with Crippen LogP contribution in [0.2, 0.25) is 0 Å². The number of nitrogens with one attached hydrogen (secondary N) is 1. The lowest BCUT2D eigenvalue weighted by Crippen LogP contribution is -1.94. The minimum Gasteiger partial charge on any atom is -0.330 e. The van der Waals surface area contributed by atoms with E-state index < -0.39 is 0 Å². The molecule has 0 unspecified atom stereocenters. The number of aromatic amines is 1. The van der Waals surface area contributed by atoms with Crippen molar-refractivity contribution in [3.05, 3.63) is 39.2 Å². The van der Waals surface area contributed by atoms with Crippen molar-refractivity contribution < 1.29 is 0 Å². The van der Waals surface area contributed by atoms with Crippen LogP contribution in [0.1, 0.15) is 5.69 Å². The maximum absolute atomic E-state index is 5.26. The third-order valence-electron chi connectivity index (χ3n) is 2.52. The molecule has 0 spiro atoms. The van der Waals surface area contributed by atoms with Crippen molar-refractivity contribution in [2.45, 2.75) is 6.92 Å². The molecular formula is C11H8BrN3S. The summed E-state index contributed by atoms with van der Waals surface area (Å²) >= 11 is 8.73. The first-order valence-corrected chi connectivity index (χ1v) is 6.03. The highest BCUT2D eigenvalue weighted by Crippen LogP contribution is 2.23. The Hall–Kier alpha value is -1.20. The van der Waals surface area contributed by atoms with Gasteiger partial charge in [-0.15, -0.1) is 0 Å². The van der Waals surface area contributed by atoms with Crippen LogP contribution in [-0.4, -0.2) is 14.6 Å². The molecule has 0 radical (unpaired) electrons. The van der Waals surface area contributed by atoms with Crippen LogP contribution in [0.15, 0.2) is 28.7 Å². The quantitative estimate of drug-likeness (QED) is 0.642. The fourth-order valence-electron chi connectivity index (χ4n) is 1.85. The number of benzene rings is 1. The van der Waals surface area contributed by atoms with Crippen molar-refractivity contribution in [1.29, 1.82) is 0 Å². The van der Waals surface area contributed by atoms with Gasteiger partial charge < -0.3 is 4.98 Å². The largest absolute Gasteiger partial charge is 0.330 e. The van der Waals surface area contributed by atoms with Crippen LogP contribution in [0.5, 0.6) is 0 Å². The van der Waals surface area contributed by atoms with Gasteiger partial charge in [0.05, 0.1) is 11.2 Å². The number of aromatic nitrogens is 3. The zero-order valence-electron chi connectivity index (χ0n) is 8.49. The van der Waals surface area contributed by atoms with Crippen LogP contribution in [0.25, 0.3) is 16.4 Å². The van der Waals surface area contributed by atoms with Crippen LogP contribution in [0, 0.1) is 11.7 Å². The van der Waals surface area contributed by atoms with E-state index in [9.17, 15) is 0 Å². The summed E-state index contributed by atoms with van der Waals surface area (Å²) in [5, 5.41) is 5.47. The number of nitrogens with zero attached hydrogens (tertiary/aromatic N) is 2. The molecule has 3 nitrogen and oxygen atoms in total. The Kier molecular flexibility index (Phi) is 2.12. The molecule has 80 valence electrons. The summed E-state index contributed by atoms with van der Waals surface area (Å²) in [4.78, 5) is 3.17. The van der Waals surface area contributed by atoms with Crippen LogP contribution >= 0.6 is 28.1 Å². The number of H-pyrrole nitrogens is 1. The summed E-state index contributed by atoms with van der Waals surface area (Å²) in [6.07, 6.45) is 0. The number of fused-ring (bicyclic) bond motifs is 3. The van der Waals surface area contributed by atoms with Crippen molar-refractivity contribution in [3.8, 4) is 0 Å². The zero-order valence-corrected chi connectivity index (χ0v) is 10.9. The van der Waals surface area contributed by atoms with Gasteiger partial charge >= 0.3 is 0 Å². The van der Waals surface area contributed by atoms with E-state index >= 15 is 0 Å². The van der Waals surface area contributed by atoms with Crippen molar-refractivity contribution >= 4 is 44.6 Å². The summed E-state index contributed by atoms with van der Waals surface area (Å²) in [7, 11) is 0. The Morgan fingerprint density at radius 3 is 3.00 bits per heavy atom. The third-order valence-corrected chi connectivity index (χ3v) is 3.29. The highest BCUT2D eigenvalue weighted by atomic mass is 79.9. The van der Waals surface area contributed by atoms with Crippen LogP contribution in [0.3, 0.4) is 0 Å². The maximum Gasteiger partial charge on any atom is 0.199 e. The van der Waals surface area contributed by atoms with Crippen molar-refractivity contribution in [3.63, 3.8) is 0 Å².